The van der Waals surface area contributed by atoms with Gasteiger partial charge < -0.3 is 5.32 Å². The molecule has 0 aliphatic heterocycles. The average Bonchev–Trinajstić information content (AvgIpc) is 2.14. The van der Waals surface area contributed by atoms with Crippen molar-refractivity contribution in [2.45, 2.75) is 19.8 Å². The van der Waals surface area contributed by atoms with Crippen LogP contribution in [-0.4, -0.2) is 6.54 Å². The number of hydrogen-bond acceptors (Lipinski definition) is 1. The maximum Gasteiger partial charge on any atom is 0.0340 e. The molecule has 1 nitrogen and oxygen atoms in total. The monoisotopic (exact) mass is 162 g/mol. The first-order valence-electron chi connectivity index (χ1n) is 4.54. The lowest BCUT2D eigenvalue weighted by Crippen LogP contribution is -2.00. The van der Waals surface area contributed by atoms with Gasteiger partial charge in [0.05, 0.1) is 0 Å². The van der Waals surface area contributed by atoms with Gasteiger partial charge in [-0.25, -0.2) is 0 Å². The van der Waals surface area contributed by atoms with Crippen LogP contribution in [0.2, 0.25) is 0 Å². The Labute approximate surface area is 74.8 Å². The minimum atomic E-state index is 1.04. The summed E-state index contributed by atoms with van der Waals surface area (Å²) in [6, 6.07) is 10.3. The van der Waals surface area contributed by atoms with Crippen LogP contribution in [0.15, 0.2) is 30.3 Å². The Morgan fingerprint density at radius 2 is 2.00 bits per heavy atom. The first-order valence-corrected chi connectivity index (χ1v) is 4.54. The van der Waals surface area contributed by atoms with Crippen LogP contribution in [0.3, 0.4) is 0 Å². The topological polar surface area (TPSA) is 12.0 Å². The van der Waals surface area contributed by atoms with E-state index in [1.807, 2.05) is 18.2 Å². The van der Waals surface area contributed by atoms with Crippen molar-refractivity contribution in [2.24, 2.45) is 0 Å². The Hall–Kier alpha value is -0.980. The molecule has 1 aromatic rings. The maximum atomic E-state index is 3.35. The summed E-state index contributed by atoms with van der Waals surface area (Å²) in [7, 11) is 0. The highest BCUT2D eigenvalue weighted by Gasteiger charge is 1.88. The van der Waals surface area contributed by atoms with E-state index >= 15 is 0 Å². The van der Waals surface area contributed by atoms with Gasteiger partial charge >= 0.3 is 0 Å². The Balaban J connectivity index is 2.16. The first-order chi connectivity index (χ1) is 5.93. The lowest BCUT2D eigenvalue weighted by Gasteiger charge is -2.04. The van der Waals surface area contributed by atoms with Crippen molar-refractivity contribution in [1.82, 2.24) is 0 Å². The maximum absolute atomic E-state index is 3.35. The molecule has 12 heavy (non-hydrogen) atoms. The summed E-state index contributed by atoms with van der Waals surface area (Å²) in [6.07, 6.45) is 4.60. The molecule has 1 N–H and O–H groups in total. The van der Waals surface area contributed by atoms with E-state index < -0.39 is 0 Å². The van der Waals surface area contributed by atoms with Crippen LogP contribution in [0.5, 0.6) is 0 Å². The lowest BCUT2D eigenvalue weighted by atomic mass is 10.2. The molecule has 1 aromatic carbocycles. The largest absolute Gasteiger partial charge is 0.385 e. The molecule has 0 amide bonds. The molecular weight excluding hydrogens is 146 g/mol. The standard InChI is InChI=1S/C11H16N/c1-2-3-7-10-12-11-8-5-4-6-9-11/h3-6,8-9,12H,2,7,10H2,1H3. The number of benzene rings is 1. The second-order valence-electron chi connectivity index (χ2n) is 2.78. The van der Waals surface area contributed by atoms with Crippen LogP contribution in [-0.2, 0) is 0 Å². The Kier molecular flexibility index (Phi) is 4.28. The van der Waals surface area contributed by atoms with Crippen LogP contribution in [0.25, 0.3) is 0 Å². The molecule has 1 rings (SSSR count). The molecule has 0 spiro atoms. The van der Waals surface area contributed by atoms with E-state index in [-0.39, 0.29) is 0 Å². The zero-order valence-electron chi connectivity index (χ0n) is 7.59. The molecule has 0 saturated heterocycles. The van der Waals surface area contributed by atoms with Crippen molar-refractivity contribution in [3.63, 3.8) is 0 Å². The highest BCUT2D eigenvalue weighted by atomic mass is 14.9. The second kappa shape index (κ2) is 5.64. The van der Waals surface area contributed by atoms with Gasteiger partial charge in [0.1, 0.15) is 0 Å². The van der Waals surface area contributed by atoms with Crippen LogP contribution >= 0.6 is 0 Å². The third-order valence-electron chi connectivity index (χ3n) is 1.74. The fourth-order valence-electron chi connectivity index (χ4n) is 1.08. The van der Waals surface area contributed by atoms with Gasteiger partial charge in [0, 0.05) is 12.2 Å². The van der Waals surface area contributed by atoms with E-state index in [4.69, 9.17) is 0 Å². The van der Waals surface area contributed by atoms with Crippen LogP contribution in [0.1, 0.15) is 19.8 Å². The molecule has 0 saturated carbocycles. The van der Waals surface area contributed by atoms with E-state index in [9.17, 15) is 0 Å². The van der Waals surface area contributed by atoms with Crippen LogP contribution in [0.4, 0.5) is 5.69 Å². The molecule has 1 heteroatoms. The van der Waals surface area contributed by atoms with E-state index in [1.165, 1.54) is 5.69 Å². The number of rotatable bonds is 5. The molecular formula is C11H16N. The number of unbranched alkanes of at least 4 members (excludes halogenated alkanes) is 2. The molecule has 0 aliphatic carbocycles. The van der Waals surface area contributed by atoms with Gasteiger partial charge in [0.25, 0.3) is 0 Å². The number of hydrogen-bond donors (Lipinski definition) is 1. The van der Waals surface area contributed by atoms with Gasteiger partial charge in [0.2, 0.25) is 0 Å². The molecule has 0 heterocycles. The summed E-state index contributed by atoms with van der Waals surface area (Å²) >= 11 is 0. The lowest BCUT2D eigenvalue weighted by molar-refractivity contribution is 0.918. The van der Waals surface area contributed by atoms with Crippen molar-refractivity contribution in [3.8, 4) is 0 Å². The number of para-hydroxylation sites is 1. The molecule has 1 radical (unpaired) electrons. The van der Waals surface area contributed by atoms with Crippen molar-refractivity contribution in [1.29, 1.82) is 0 Å². The van der Waals surface area contributed by atoms with Gasteiger partial charge in [-0.1, -0.05) is 31.5 Å². The number of anilines is 1. The second-order valence-corrected chi connectivity index (χ2v) is 2.78. The summed E-state index contributed by atoms with van der Waals surface area (Å²) in [5, 5.41) is 3.35. The molecule has 0 bridgehead atoms. The zero-order valence-corrected chi connectivity index (χ0v) is 7.59. The van der Waals surface area contributed by atoms with Gasteiger partial charge in [-0.2, -0.15) is 0 Å². The first kappa shape index (κ1) is 9.11. The average molecular weight is 162 g/mol. The van der Waals surface area contributed by atoms with Gasteiger partial charge in [-0.3, -0.25) is 0 Å². The van der Waals surface area contributed by atoms with E-state index in [1.54, 1.807) is 0 Å². The van der Waals surface area contributed by atoms with E-state index in [0.717, 1.165) is 19.4 Å². The quantitative estimate of drug-likeness (QED) is 0.656. The normalized spacial score (nSPS) is 9.75. The fourth-order valence-corrected chi connectivity index (χ4v) is 1.08. The van der Waals surface area contributed by atoms with E-state index in [2.05, 4.69) is 30.8 Å². The minimum Gasteiger partial charge on any atom is -0.385 e. The molecule has 0 atom stereocenters. The molecule has 0 fully saturated rings. The summed E-state index contributed by atoms with van der Waals surface area (Å²) in [5.41, 5.74) is 1.21. The van der Waals surface area contributed by atoms with Crippen LogP contribution < -0.4 is 5.32 Å². The van der Waals surface area contributed by atoms with Gasteiger partial charge in [0.15, 0.2) is 0 Å². The van der Waals surface area contributed by atoms with Gasteiger partial charge in [-0.05, 0) is 25.0 Å². The predicted molar refractivity (Wildman–Crippen MR) is 54.1 cm³/mol. The molecule has 0 unspecified atom stereocenters. The zero-order chi connectivity index (χ0) is 8.65. The van der Waals surface area contributed by atoms with Crippen molar-refractivity contribution in [2.75, 3.05) is 11.9 Å². The SMILES string of the molecule is CC[CH]CCNc1ccccc1. The predicted octanol–water partition coefficient (Wildman–Crippen LogP) is 3.10. The molecule has 0 aliphatic rings. The van der Waals surface area contributed by atoms with Crippen molar-refractivity contribution < 1.29 is 0 Å². The summed E-state index contributed by atoms with van der Waals surface area (Å²) in [4.78, 5) is 0. The van der Waals surface area contributed by atoms with Gasteiger partial charge in [-0.15, -0.1) is 0 Å². The van der Waals surface area contributed by atoms with Crippen molar-refractivity contribution >= 4 is 5.69 Å². The Morgan fingerprint density at radius 1 is 1.25 bits per heavy atom. The summed E-state index contributed by atoms with van der Waals surface area (Å²) in [6.45, 7) is 3.21. The fraction of sp³-hybridized carbons (Fsp3) is 0.364. The summed E-state index contributed by atoms with van der Waals surface area (Å²) in [5.74, 6) is 0. The third kappa shape index (κ3) is 3.42. The molecule has 0 aromatic heterocycles. The Morgan fingerprint density at radius 3 is 2.67 bits per heavy atom. The van der Waals surface area contributed by atoms with Crippen molar-refractivity contribution in [3.05, 3.63) is 36.8 Å². The highest BCUT2D eigenvalue weighted by Crippen LogP contribution is 2.04. The summed E-state index contributed by atoms with van der Waals surface area (Å²) < 4.78 is 0. The van der Waals surface area contributed by atoms with Crippen LogP contribution in [0, 0.1) is 6.42 Å². The molecule has 65 valence electrons. The number of nitrogens with one attached hydrogen (secondary N) is 1. The minimum absolute atomic E-state index is 1.04. The van der Waals surface area contributed by atoms with E-state index in [0.29, 0.717) is 0 Å². The highest BCUT2D eigenvalue weighted by molar-refractivity contribution is 5.42. The smallest absolute Gasteiger partial charge is 0.0340 e. The Bertz CT molecular complexity index is 193. The third-order valence-corrected chi connectivity index (χ3v) is 1.74.